The number of aromatic amines is 1. The third-order valence-corrected chi connectivity index (χ3v) is 2.68. The van der Waals surface area contributed by atoms with Gasteiger partial charge in [-0.15, -0.1) is 12.4 Å². The maximum atomic E-state index is 11.7. The Morgan fingerprint density at radius 2 is 2.11 bits per heavy atom. The van der Waals surface area contributed by atoms with Gasteiger partial charge in [0.15, 0.2) is 0 Å². The van der Waals surface area contributed by atoms with Crippen molar-refractivity contribution in [1.29, 1.82) is 0 Å². The molecule has 0 aliphatic heterocycles. The smallest absolute Gasteiger partial charge is 0.326 e. The number of amides is 1. The van der Waals surface area contributed by atoms with Gasteiger partial charge in [-0.1, -0.05) is 12.1 Å². The lowest BCUT2D eigenvalue weighted by molar-refractivity contribution is -0.120. The third-order valence-electron chi connectivity index (χ3n) is 2.68. The van der Waals surface area contributed by atoms with Crippen LogP contribution in [0.15, 0.2) is 29.1 Å². The molecule has 3 N–H and O–H groups in total. The number of nitrogens with one attached hydrogen (secondary N) is 3. The van der Waals surface area contributed by atoms with Crippen molar-refractivity contribution in [2.24, 2.45) is 0 Å². The van der Waals surface area contributed by atoms with E-state index >= 15 is 0 Å². The molecule has 1 amide bonds. The molecule has 19 heavy (non-hydrogen) atoms. The third kappa shape index (κ3) is 3.59. The van der Waals surface area contributed by atoms with E-state index in [-0.39, 0.29) is 30.5 Å². The van der Waals surface area contributed by atoms with Crippen LogP contribution < -0.4 is 16.3 Å². The summed E-state index contributed by atoms with van der Waals surface area (Å²) in [5.74, 6) is -0.0783. The van der Waals surface area contributed by atoms with Crippen LogP contribution in [0.1, 0.15) is 0 Å². The van der Waals surface area contributed by atoms with E-state index in [4.69, 9.17) is 0 Å². The van der Waals surface area contributed by atoms with E-state index < -0.39 is 0 Å². The number of likely N-dealkylation sites (N-methyl/N-ethyl adjacent to an activating group) is 1. The Morgan fingerprint density at radius 1 is 1.37 bits per heavy atom. The van der Waals surface area contributed by atoms with Crippen molar-refractivity contribution in [1.82, 2.24) is 20.2 Å². The number of carbonyl (C=O) groups excluding carboxylic acids is 1. The zero-order chi connectivity index (χ0) is 13.0. The van der Waals surface area contributed by atoms with Crippen molar-refractivity contribution in [3.05, 3.63) is 34.7 Å². The first-order valence-electron chi connectivity index (χ1n) is 5.81. The number of H-pyrrole nitrogens is 1. The quantitative estimate of drug-likeness (QED) is 0.728. The Morgan fingerprint density at radius 3 is 2.84 bits per heavy atom. The molecule has 2 aromatic rings. The van der Waals surface area contributed by atoms with Gasteiger partial charge in [0.1, 0.15) is 0 Å². The van der Waals surface area contributed by atoms with Crippen molar-refractivity contribution in [3.63, 3.8) is 0 Å². The van der Waals surface area contributed by atoms with Crippen LogP contribution in [0.2, 0.25) is 0 Å². The van der Waals surface area contributed by atoms with Crippen molar-refractivity contribution >= 4 is 29.3 Å². The molecule has 1 aromatic heterocycles. The number of hydrogen-bond acceptors (Lipinski definition) is 3. The number of aromatic nitrogens is 2. The summed E-state index contributed by atoms with van der Waals surface area (Å²) in [7, 11) is 1.71. The molecule has 2 rings (SSSR count). The number of nitrogens with zero attached hydrogens (tertiary/aromatic N) is 1. The van der Waals surface area contributed by atoms with Crippen LogP contribution in [0, 0.1) is 0 Å². The second kappa shape index (κ2) is 6.96. The summed E-state index contributed by atoms with van der Waals surface area (Å²) in [4.78, 5) is 25.7. The van der Waals surface area contributed by atoms with Crippen molar-refractivity contribution in [2.45, 2.75) is 6.54 Å². The van der Waals surface area contributed by atoms with E-state index in [2.05, 4.69) is 15.6 Å². The SMILES string of the molecule is CNCC(=O)NCCn1c(=O)[nH]c2ccccc21.Cl. The molecule has 1 aromatic carbocycles. The summed E-state index contributed by atoms with van der Waals surface area (Å²) in [5, 5.41) is 5.50. The van der Waals surface area contributed by atoms with Gasteiger partial charge < -0.3 is 15.6 Å². The summed E-state index contributed by atoms with van der Waals surface area (Å²) in [6.07, 6.45) is 0. The monoisotopic (exact) mass is 284 g/mol. The highest BCUT2D eigenvalue weighted by atomic mass is 35.5. The van der Waals surface area contributed by atoms with Gasteiger partial charge in [0.25, 0.3) is 0 Å². The Bertz CT molecular complexity index is 605. The number of fused-ring (bicyclic) bond motifs is 1. The second-order valence-corrected chi connectivity index (χ2v) is 3.98. The maximum Gasteiger partial charge on any atom is 0.326 e. The molecule has 0 radical (unpaired) electrons. The molecular formula is C12H17ClN4O2. The largest absolute Gasteiger partial charge is 0.353 e. The highest BCUT2D eigenvalue weighted by molar-refractivity contribution is 5.85. The van der Waals surface area contributed by atoms with Crippen LogP contribution in [-0.4, -0.2) is 35.6 Å². The molecule has 0 saturated carbocycles. The maximum absolute atomic E-state index is 11.7. The number of halogens is 1. The van der Waals surface area contributed by atoms with Gasteiger partial charge in [-0.2, -0.15) is 0 Å². The van der Waals surface area contributed by atoms with Crippen molar-refractivity contribution < 1.29 is 4.79 Å². The number of benzene rings is 1. The average Bonchev–Trinajstić information content (AvgIpc) is 2.66. The van der Waals surface area contributed by atoms with Crippen LogP contribution in [0.25, 0.3) is 11.0 Å². The minimum Gasteiger partial charge on any atom is -0.353 e. The number of imidazole rings is 1. The van der Waals surface area contributed by atoms with Gasteiger partial charge in [-0.3, -0.25) is 9.36 Å². The zero-order valence-electron chi connectivity index (χ0n) is 10.6. The lowest BCUT2D eigenvalue weighted by Crippen LogP contribution is -2.35. The number of rotatable bonds is 5. The molecule has 0 spiro atoms. The molecule has 0 aliphatic rings. The van der Waals surface area contributed by atoms with E-state index in [1.165, 1.54) is 0 Å². The molecule has 6 nitrogen and oxygen atoms in total. The second-order valence-electron chi connectivity index (χ2n) is 3.98. The topological polar surface area (TPSA) is 78.9 Å². The van der Waals surface area contributed by atoms with Gasteiger partial charge in [0.05, 0.1) is 17.6 Å². The molecule has 1 heterocycles. The van der Waals surface area contributed by atoms with Gasteiger partial charge in [0.2, 0.25) is 5.91 Å². The van der Waals surface area contributed by atoms with Crippen molar-refractivity contribution in [3.8, 4) is 0 Å². The number of hydrogen-bond donors (Lipinski definition) is 3. The summed E-state index contributed by atoms with van der Waals surface area (Å²) in [6.45, 7) is 1.17. The van der Waals surface area contributed by atoms with Gasteiger partial charge in [-0.05, 0) is 19.2 Å². The van der Waals surface area contributed by atoms with Gasteiger partial charge in [0, 0.05) is 13.1 Å². The van der Waals surface area contributed by atoms with Gasteiger partial charge >= 0.3 is 5.69 Å². The molecule has 0 fully saturated rings. The Labute approximate surface area is 116 Å². The Balaban J connectivity index is 0.00000180. The molecule has 0 unspecified atom stereocenters. The standard InChI is InChI=1S/C12H16N4O2.ClH/c1-13-8-11(17)14-6-7-16-10-5-3-2-4-9(10)15-12(16)18;/h2-5,13H,6-8H2,1H3,(H,14,17)(H,15,18);1H. The fraction of sp³-hybridized carbons (Fsp3) is 0.333. The molecule has 104 valence electrons. The van der Waals surface area contributed by atoms with Crippen LogP contribution in [0.5, 0.6) is 0 Å². The van der Waals surface area contributed by atoms with Crippen LogP contribution in [0.3, 0.4) is 0 Å². The normalized spacial score (nSPS) is 10.2. The summed E-state index contributed by atoms with van der Waals surface area (Å²) >= 11 is 0. The van der Waals surface area contributed by atoms with E-state index in [1.54, 1.807) is 11.6 Å². The molecule has 0 aliphatic carbocycles. The molecule has 7 heteroatoms. The van der Waals surface area contributed by atoms with Gasteiger partial charge in [-0.25, -0.2) is 4.79 Å². The van der Waals surface area contributed by atoms with Crippen LogP contribution >= 0.6 is 12.4 Å². The van der Waals surface area contributed by atoms with Crippen LogP contribution in [0.4, 0.5) is 0 Å². The number of para-hydroxylation sites is 2. The average molecular weight is 285 g/mol. The Hall–Kier alpha value is -1.79. The summed E-state index contributed by atoms with van der Waals surface area (Å²) in [5.41, 5.74) is 1.51. The van der Waals surface area contributed by atoms with Crippen LogP contribution in [-0.2, 0) is 11.3 Å². The summed E-state index contributed by atoms with van der Waals surface area (Å²) < 4.78 is 1.62. The first-order chi connectivity index (χ1) is 8.72. The number of carbonyl (C=O) groups is 1. The summed E-state index contributed by atoms with van der Waals surface area (Å²) in [6, 6.07) is 7.48. The van der Waals surface area contributed by atoms with E-state index in [1.807, 2.05) is 24.3 Å². The molecular weight excluding hydrogens is 268 g/mol. The first kappa shape index (κ1) is 15.3. The van der Waals surface area contributed by atoms with E-state index in [0.717, 1.165) is 11.0 Å². The zero-order valence-corrected chi connectivity index (χ0v) is 11.4. The molecule has 0 atom stereocenters. The lowest BCUT2D eigenvalue weighted by atomic mass is 10.3. The van der Waals surface area contributed by atoms with Crippen molar-refractivity contribution in [2.75, 3.05) is 20.1 Å². The highest BCUT2D eigenvalue weighted by Crippen LogP contribution is 2.07. The fourth-order valence-electron chi connectivity index (χ4n) is 1.86. The Kier molecular flexibility index (Phi) is 5.59. The predicted octanol–water partition coefficient (Wildman–Crippen LogP) is 0.0870. The predicted molar refractivity (Wildman–Crippen MR) is 76.7 cm³/mol. The minimum absolute atomic E-state index is 0. The first-order valence-corrected chi connectivity index (χ1v) is 5.81. The van der Waals surface area contributed by atoms with E-state index in [0.29, 0.717) is 13.1 Å². The lowest BCUT2D eigenvalue weighted by Gasteiger charge is -2.05. The van der Waals surface area contributed by atoms with E-state index in [9.17, 15) is 9.59 Å². The fourth-order valence-corrected chi connectivity index (χ4v) is 1.86. The highest BCUT2D eigenvalue weighted by Gasteiger charge is 2.05. The molecule has 0 saturated heterocycles. The molecule has 0 bridgehead atoms. The minimum atomic E-state index is -0.154.